The molecule has 1 heterocycles. The summed E-state index contributed by atoms with van der Waals surface area (Å²) in [4.78, 5) is 15.8. The standard InChI is InChI=1S/C12H17N3O.2ClH/c1-14-6-7-15(12(16)8-13)11-5-3-2-4-10(11)9-14;;/h2-5H,6-9,13H2,1H3;2*1H. The molecule has 0 fully saturated rings. The number of para-hydroxylation sites is 1. The summed E-state index contributed by atoms with van der Waals surface area (Å²) in [5, 5.41) is 0. The molecule has 4 nitrogen and oxygen atoms in total. The zero-order valence-corrected chi connectivity index (χ0v) is 12.0. The Morgan fingerprint density at radius 2 is 1.94 bits per heavy atom. The number of halogens is 2. The molecule has 0 saturated heterocycles. The predicted molar refractivity (Wildman–Crippen MR) is 78.7 cm³/mol. The summed E-state index contributed by atoms with van der Waals surface area (Å²) in [6.07, 6.45) is 0. The fraction of sp³-hybridized carbons (Fsp3) is 0.417. The largest absolute Gasteiger partial charge is 0.322 e. The van der Waals surface area contributed by atoms with Gasteiger partial charge in [0.2, 0.25) is 5.91 Å². The van der Waals surface area contributed by atoms with E-state index < -0.39 is 0 Å². The van der Waals surface area contributed by atoms with E-state index in [1.165, 1.54) is 5.56 Å². The summed E-state index contributed by atoms with van der Waals surface area (Å²) in [7, 11) is 2.06. The van der Waals surface area contributed by atoms with Crippen LogP contribution in [0.5, 0.6) is 0 Å². The minimum Gasteiger partial charge on any atom is -0.322 e. The summed E-state index contributed by atoms with van der Waals surface area (Å²) in [5.74, 6) is -0.0113. The lowest BCUT2D eigenvalue weighted by Crippen LogP contribution is -2.39. The molecule has 0 unspecified atom stereocenters. The van der Waals surface area contributed by atoms with Crippen molar-refractivity contribution >= 4 is 36.4 Å². The molecule has 0 radical (unpaired) electrons. The monoisotopic (exact) mass is 291 g/mol. The Bertz CT molecular complexity index is 401. The molecule has 0 aliphatic carbocycles. The molecule has 0 saturated carbocycles. The Hall–Kier alpha value is -0.810. The van der Waals surface area contributed by atoms with Gasteiger partial charge in [-0.25, -0.2) is 0 Å². The fourth-order valence-electron chi connectivity index (χ4n) is 2.04. The predicted octanol–water partition coefficient (Wildman–Crippen LogP) is 1.27. The van der Waals surface area contributed by atoms with Crippen molar-refractivity contribution < 1.29 is 4.79 Å². The molecular weight excluding hydrogens is 273 g/mol. The van der Waals surface area contributed by atoms with Gasteiger partial charge in [0.1, 0.15) is 0 Å². The summed E-state index contributed by atoms with van der Waals surface area (Å²) in [6, 6.07) is 8.01. The first-order valence-electron chi connectivity index (χ1n) is 5.49. The van der Waals surface area contributed by atoms with E-state index >= 15 is 0 Å². The zero-order valence-electron chi connectivity index (χ0n) is 10.3. The van der Waals surface area contributed by atoms with Crippen LogP contribution in [-0.4, -0.2) is 37.5 Å². The van der Waals surface area contributed by atoms with E-state index in [4.69, 9.17) is 5.73 Å². The molecule has 1 aliphatic rings. The van der Waals surface area contributed by atoms with E-state index in [0.29, 0.717) is 6.54 Å². The number of benzene rings is 1. The summed E-state index contributed by atoms with van der Waals surface area (Å²) in [6.45, 7) is 2.53. The van der Waals surface area contributed by atoms with Crippen molar-refractivity contribution in [2.45, 2.75) is 6.54 Å². The molecule has 2 N–H and O–H groups in total. The molecule has 0 bridgehead atoms. The van der Waals surface area contributed by atoms with Crippen LogP contribution in [0.4, 0.5) is 5.69 Å². The van der Waals surface area contributed by atoms with Gasteiger partial charge in [-0.1, -0.05) is 18.2 Å². The molecule has 0 aromatic heterocycles. The van der Waals surface area contributed by atoms with Crippen LogP contribution in [0, 0.1) is 0 Å². The van der Waals surface area contributed by atoms with Gasteiger partial charge in [-0.15, -0.1) is 24.8 Å². The first kappa shape index (κ1) is 17.2. The molecule has 1 aromatic carbocycles. The van der Waals surface area contributed by atoms with Crippen molar-refractivity contribution in [1.82, 2.24) is 4.90 Å². The number of nitrogens with two attached hydrogens (primary N) is 1. The Balaban J connectivity index is 0.00000144. The van der Waals surface area contributed by atoms with Gasteiger partial charge in [-0.3, -0.25) is 4.79 Å². The summed E-state index contributed by atoms with van der Waals surface area (Å²) in [5.41, 5.74) is 7.63. The second kappa shape index (κ2) is 7.59. The quantitative estimate of drug-likeness (QED) is 0.848. The van der Waals surface area contributed by atoms with E-state index in [1.807, 2.05) is 18.2 Å². The van der Waals surface area contributed by atoms with Crippen molar-refractivity contribution in [2.75, 3.05) is 31.6 Å². The smallest absolute Gasteiger partial charge is 0.240 e. The maximum atomic E-state index is 11.8. The summed E-state index contributed by atoms with van der Waals surface area (Å²) >= 11 is 0. The number of rotatable bonds is 1. The van der Waals surface area contributed by atoms with Gasteiger partial charge in [0.15, 0.2) is 0 Å². The fourth-order valence-corrected chi connectivity index (χ4v) is 2.04. The van der Waals surface area contributed by atoms with Gasteiger partial charge in [-0.05, 0) is 18.7 Å². The van der Waals surface area contributed by atoms with Gasteiger partial charge in [0, 0.05) is 25.3 Å². The van der Waals surface area contributed by atoms with Gasteiger partial charge >= 0.3 is 0 Å². The third-order valence-corrected chi connectivity index (χ3v) is 2.90. The Kier molecular flexibility index (Phi) is 7.25. The lowest BCUT2D eigenvalue weighted by atomic mass is 10.1. The van der Waals surface area contributed by atoms with Crippen molar-refractivity contribution in [2.24, 2.45) is 5.73 Å². The van der Waals surface area contributed by atoms with Gasteiger partial charge in [0.25, 0.3) is 0 Å². The first-order valence-corrected chi connectivity index (χ1v) is 5.49. The normalized spacial score (nSPS) is 14.9. The topological polar surface area (TPSA) is 49.6 Å². The minimum absolute atomic E-state index is 0. The lowest BCUT2D eigenvalue weighted by Gasteiger charge is -2.21. The second-order valence-electron chi connectivity index (χ2n) is 4.12. The average molecular weight is 292 g/mol. The number of carbonyl (C=O) groups is 1. The highest BCUT2D eigenvalue weighted by Gasteiger charge is 2.21. The third-order valence-electron chi connectivity index (χ3n) is 2.90. The van der Waals surface area contributed by atoms with Crippen LogP contribution < -0.4 is 10.6 Å². The van der Waals surface area contributed by atoms with Crippen molar-refractivity contribution in [3.63, 3.8) is 0 Å². The highest BCUT2D eigenvalue weighted by atomic mass is 35.5. The van der Waals surface area contributed by atoms with Crippen LogP contribution in [0.1, 0.15) is 5.56 Å². The Morgan fingerprint density at radius 3 is 2.61 bits per heavy atom. The highest BCUT2D eigenvalue weighted by Crippen LogP contribution is 2.24. The second-order valence-corrected chi connectivity index (χ2v) is 4.12. The van der Waals surface area contributed by atoms with Crippen molar-refractivity contribution in [1.29, 1.82) is 0 Å². The van der Waals surface area contributed by atoms with Gasteiger partial charge < -0.3 is 15.5 Å². The van der Waals surface area contributed by atoms with E-state index in [0.717, 1.165) is 18.8 Å². The van der Waals surface area contributed by atoms with E-state index in [1.54, 1.807) is 4.90 Å². The maximum absolute atomic E-state index is 11.8. The van der Waals surface area contributed by atoms with Crippen LogP contribution in [-0.2, 0) is 11.3 Å². The zero-order chi connectivity index (χ0) is 11.5. The summed E-state index contributed by atoms with van der Waals surface area (Å²) < 4.78 is 0. The molecule has 102 valence electrons. The number of hydrogen-bond donors (Lipinski definition) is 1. The van der Waals surface area contributed by atoms with Crippen LogP contribution in [0.2, 0.25) is 0 Å². The van der Waals surface area contributed by atoms with Gasteiger partial charge in [0.05, 0.1) is 6.54 Å². The van der Waals surface area contributed by atoms with Crippen molar-refractivity contribution in [3.05, 3.63) is 29.8 Å². The number of hydrogen-bond acceptors (Lipinski definition) is 3. The third kappa shape index (κ3) is 3.59. The van der Waals surface area contributed by atoms with E-state index in [2.05, 4.69) is 18.0 Å². The van der Waals surface area contributed by atoms with Crippen LogP contribution in [0.15, 0.2) is 24.3 Å². The number of carbonyl (C=O) groups excluding carboxylic acids is 1. The molecule has 1 aliphatic heterocycles. The molecule has 1 aromatic rings. The number of amides is 1. The van der Waals surface area contributed by atoms with E-state index in [-0.39, 0.29) is 37.3 Å². The molecule has 18 heavy (non-hydrogen) atoms. The van der Waals surface area contributed by atoms with Crippen LogP contribution in [0.3, 0.4) is 0 Å². The molecule has 0 atom stereocenters. The highest BCUT2D eigenvalue weighted by molar-refractivity contribution is 5.95. The molecule has 6 heteroatoms. The maximum Gasteiger partial charge on any atom is 0.240 e. The minimum atomic E-state index is -0.0113. The molecular formula is C12H19Cl2N3O. The number of likely N-dealkylation sites (N-methyl/N-ethyl adjacent to an activating group) is 1. The van der Waals surface area contributed by atoms with Crippen molar-refractivity contribution in [3.8, 4) is 0 Å². The average Bonchev–Trinajstić information content (AvgIpc) is 2.46. The Labute approximate surface area is 120 Å². The van der Waals surface area contributed by atoms with E-state index in [9.17, 15) is 4.79 Å². The number of nitrogens with zero attached hydrogens (tertiary/aromatic N) is 2. The number of anilines is 1. The van der Waals surface area contributed by atoms with Crippen LogP contribution >= 0.6 is 24.8 Å². The Morgan fingerprint density at radius 1 is 1.28 bits per heavy atom. The first-order chi connectivity index (χ1) is 7.72. The van der Waals surface area contributed by atoms with Crippen LogP contribution in [0.25, 0.3) is 0 Å². The molecule has 0 spiro atoms. The SMILES string of the molecule is CN1CCN(C(=O)CN)c2ccccc2C1.Cl.Cl. The molecule has 1 amide bonds. The van der Waals surface area contributed by atoms with Gasteiger partial charge in [-0.2, -0.15) is 0 Å². The molecule has 2 rings (SSSR count). The number of fused-ring (bicyclic) bond motifs is 1. The lowest BCUT2D eigenvalue weighted by molar-refractivity contribution is -0.117.